The Morgan fingerprint density at radius 2 is 1.84 bits per heavy atom. The van der Waals surface area contributed by atoms with Crippen molar-refractivity contribution in [2.24, 2.45) is 5.92 Å². The molecule has 3 aromatic heterocycles. The number of aromatic amines is 2. The predicted molar refractivity (Wildman–Crippen MR) is 171 cm³/mol. The monoisotopic (exact) mass is 730 g/mol. The summed E-state index contributed by atoms with van der Waals surface area (Å²) in [7, 11) is -3.42. The molecule has 276 valence electrons. The van der Waals surface area contributed by atoms with Crippen LogP contribution in [0.25, 0.3) is 11.2 Å². The maximum absolute atomic E-state index is 15.9. The SMILES string of the molecule is COC1C(OP(=O)(O)OC(C)C)[C@@H](CNC(=O)CC2C(F)[C@H](n3ccc(=O)[nH]c3=O)O[C@@H]2COC(C)C)O[C@H]1n1cnc2c(=O)[nH]c(N)nc21. The standard InChI is InChI=1S/C28H40FN8O12P/c1-12(2)45-10-16-14(19(29)25(47-16)36-7-6-17(38)33-28(36)41)8-18(39)31-9-15-21(49-50(42,43)48-13(3)4)22(44-5)26(46-15)37-11-32-20-23(37)34-27(30)35-24(20)40/h6-7,11-16,19,21-22,25-26H,8-10H2,1-5H3,(H,31,39)(H,42,43)(H,33,38,41)(H3,30,34,35,40)/t14?,15-,16-,19?,21?,22?,25-,26-/m1/s1. The molecular weight excluding hydrogens is 690 g/mol. The maximum atomic E-state index is 15.9. The van der Waals surface area contributed by atoms with Crippen LogP contribution in [0.1, 0.15) is 46.6 Å². The van der Waals surface area contributed by atoms with Crippen LogP contribution < -0.4 is 27.9 Å². The van der Waals surface area contributed by atoms with Gasteiger partial charge in [-0.15, -0.1) is 0 Å². The summed E-state index contributed by atoms with van der Waals surface area (Å²) >= 11 is 0. The molecular formula is C28H40FN8O12P. The van der Waals surface area contributed by atoms with E-state index in [0.717, 1.165) is 16.8 Å². The lowest BCUT2D eigenvalue weighted by molar-refractivity contribution is -0.124. The van der Waals surface area contributed by atoms with Crippen molar-refractivity contribution >= 4 is 30.8 Å². The van der Waals surface area contributed by atoms with E-state index in [1.54, 1.807) is 13.8 Å². The highest BCUT2D eigenvalue weighted by Gasteiger charge is 2.51. The summed E-state index contributed by atoms with van der Waals surface area (Å²) in [4.78, 5) is 72.9. The Balaban J connectivity index is 1.37. The van der Waals surface area contributed by atoms with E-state index in [1.807, 2.05) is 0 Å². The van der Waals surface area contributed by atoms with Crippen LogP contribution in [0.15, 0.2) is 33.0 Å². The summed E-state index contributed by atoms with van der Waals surface area (Å²) in [6, 6.07) is 1.05. The summed E-state index contributed by atoms with van der Waals surface area (Å²) in [5, 5.41) is 2.65. The molecule has 5 rings (SSSR count). The fourth-order valence-electron chi connectivity index (χ4n) is 5.86. The number of nitrogens with zero attached hydrogens (tertiary/aromatic N) is 4. The second kappa shape index (κ2) is 15.2. The molecule has 3 aromatic rings. The molecule has 50 heavy (non-hydrogen) atoms. The van der Waals surface area contributed by atoms with E-state index in [2.05, 4.69) is 25.3 Å². The quantitative estimate of drug-likeness (QED) is 0.135. The number of anilines is 1. The number of amides is 1. The number of H-pyrrole nitrogens is 2. The number of methoxy groups -OCH3 is 1. The maximum Gasteiger partial charge on any atom is 0.472 e. The number of nitrogen functional groups attached to an aromatic ring is 1. The number of nitrogens with two attached hydrogens (primary N) is 1. The lowest BCUT2D eigenvalue weighted by Crippen LogP contribution is -2.43. The summed E-state index contributed by atoms with van der Waals surface area (Å²) in [6.45, 7) is 6.16. The van der Waals surface area contributed by atoms with E-state index >= 15 is 4.39 Å². The Labute approximate surface area is 283 Å². The van der Waals surface area contributed by atoms with E-state index in [1.165, 1.54) is 31.9 Å². The van der Waals surface area contributed by atoms with Gasteiger partial charge in [0.1, 0.15) is 18.3 Å². The van der Waals surface area contributed by atoms with Crippen LogP contribution in [0.4, 0.5) is 10.3 Å². The molecule has 22 heteroatoms. The fourth-order valence-corrected chi connectivity index (χ4v) is 7.01. The molecule has 5 unspecified atom stereocenters. The molecule has 9 atom stereocenters. The van der Waals surface area contributed by atoms with Crippen LogP contribution >= 0.6 is 7.82 Å². The molecule has 1 amide bonds. The highest BCUT2D eigenvalue weighted by molar-refractivity contribution is 7.47. The van der Waals surface area contributed by atoms with E-state index in [9.17, 15) is 28.6 Å². The third-order valence-electron chi connectivity index (χ3n) is 8.00. The van der Waals surface area contributed by atoms with Crippen molar-refractivity contribution in [2.75, 3.05) is 26.0 Å². The van der Waals surface area contributed by atoms with Crippen LogP contribution in [-0.4, -0.2) is 103 Å². The Kier molecular flexibility index (Phi) is 11.4. The van der Waals surface area contributed by atoms with Crippen molar-refractivity contribution in [1.82, 2.24) is 34.4 Å². The number of phosphoric ester groups is 1. The average molecular weight is 731 g/mol. The first-order valence-corrected chi connectivity index (χ1v) is 17.2. The molecule has 0 aromatic carbocycles. The van der Waals surface area contributed by atoms with Crippen molar-refractivity contribution in [1.29, 1.82) is 0 Å². The van der Waals surface area contributed by atoms with Crippen LogP contribution in [0.5, 0.6) is 0 Å². The Bertz CT molecular complexity index is 1900. The predicted octanol–water partition coefficient (Wildman–Crippen LogP) is -0.142. The van der Waals surface area contributed by atoms with Gasteiger partial charge in [0.05, 0.1) is 31.2 Å². The first kappa shape index (κ1) is 37.4. The number of carbonyl (C=O) groups excluding carboxylic acids is 1. The highest BCUT2D eigenvalue weighted by Crippen LogP contribution is 2.50. The number of imidazole rings is 1. The zero-order valence-corrected chi connectivity index (χ0v) is 28.7. The number of aromatic nitrogens is 6. The first-order chi connectivity index (χ1) is 23.6. The number of fused-ring (bicyclic) bond motifs is 1. The number of hydrogen-bond donors (Lipinski definition) is 5. The minimum Gasteiger partial charge on any atom is -0.376 e. The van der Waals surface area contributed by atoms with Crippen molar-refractivity contribution in [3.63, 3.8) is 0 Å². The van der Waals surface area contributed by atoms with Crippen molar-refractivity contribution in [3.05, 3.63) is 49.8 Å². The Hall–Kier alpha value is -3.82. The largest absolute Gasteiger partial charge is 0.472 e. The number of hydrogen-bond acceptors (Lipinski definition) is 14. The normalized spacial score (nSPS) is 28.1. The summed E-state index contributed by atoms with van der Waals surface area (Å²) in [6.07, 6.45) is -8.10. The fraction of sp³-hybridized carbons (Fsp3) is 0.643. The number of halogens is 1. The van der Waals surface area contributed by atoms with Crippen LogP contribution in [0, 0.1) is 5.92 Å². The molecule has 2 aliphatic heterocycles. The van der Waals surface area contributed by atoms with Gasteiger partial charge in [0, 0.05) is 38.3 Å². The first-order valence-electron chi connectivity index (χ1n) is 15.7. The van der Waals surface area contributed by atoms with Gasteiger partial charge in [0.15, 0.2) is 29.8 Å². The van der Waals surface area contributed by atoms with E-state index in [4.69, 9.17) is 33.7 Å². The Morgan fingerprint density at radius 3 is 2.50 bits per heavy atom. The van der Waals surface area contributed by atoms with E-state index < -0.39 is 92.0 Å². The zero-order chi connectivity index (χ0) is 36.5. The van der Waals surface area contributed by atoms with Crippen molar-refractivity contribution < 1.29 is 46.6 Å². The van der Waals surface area contributed by atoms with Crippen LogP contribution in [-0.2, 0) is 37.4 Å². The summed E-state index contributed by atoms with van der Waals surface area (Å²) in [5.41, 5.74) is 3.52. The number of carbonyl (C=O) groups is 1. The second-order valence-corrected chi connectivity index (χ2v) is 13.7. The van der Waals surface area contributed by atoms with Crippen molar-refractivity contribution in [3.8, 4) is 0 Å². The Morgan fingerprint density at radius 1 is 1.12 bits per heavy atom. The molecule has 20 nitrogen and oxygen atoms in total. The smallest absolute Gasteiger partial charge is 0.376 e. The lowest BCUT2D eigenvalue weighted by atomic mass is 9.95. The van der Waals surface area contributed by atoms with E-state index in [0.29, 0.717) is 0 Å². The van der Waals surface area contributed by atoms with Gasteiger partial charge in [-0.1, -0.05) is 0 Å². The molecule has 0 aliphatic carbocycles. The number of rotatable bonds is 14. The minimum atomic E-state index is -4.72. The molecule has 6 N–H and O–H groups in total. The zero-order valence-electron chi connectivity index (χ0n) is 27.8. The number of phosphoric acid groups is 1. The van der Waals surface area contributed by atoms with Gasteiger partial charge in [-0.2, -0.15) is 4.98 Å². The summed E-state index contributed by atoms with van der Waals surface area (Å²) < 4.78 is 65.0. The van der Waals surface area contributed by atoms with Crippen LogP contribution in [0.3, 0.4) is 0 Å². The average Bonchev–Trinajstić information content (AvgIpc) is 3.67. The van der Waals surface area contributed by atoms with Gasteiger partial charge in [0.25, 0.3) is 11.1 Å². The minimum absolute atomic E-state index is 0.0216. The lowest BCUT2D eigenvalue weighted by Gasteiger charge is -2.26. The van der Waals surface area contributed by atoms with Gasteiger partial charge in [0.2, 0.25) is 11.9 Å². The van der Waals surface area contributed by atoms with Gasteiger partial charge >= 0.3 is 13.5 Å². The molecule has 2 fully saturated rings. The number of nitrogens with one attached hydrogen (secondary N) is 3. The van der Waals surface area contributed by atoms with Gasteiger partial charge in [-0.25, -0.2) is 18.7 Å². The van der Waals surface area contributed by atoms with Gasteiger partial charge < -0.3 is 34.9 Å². The molecule has 2 aliphatic rings. The third-order valence-corrected chi connectivity index (χ3v) is 9.19. The topological polar surface area (TPSA) is 266 Å². The summed E-state index contributed by atoms with van der Waals surface area (Å²) in [5.74, 6) is -1.95. The molecule has 0 spiro atoms. The number of ether oxygens (including phenoxy) is 4. The van der Waals surface area contributed by atoms with Gasteiger partial charge in [-0.3, -0.25) is 42.5 Å². The highest BCUT2D eigenvalue weighted by atomic mass is 31.2. The molecule has 5 heterocycles. The van der Waals surface area contributed by atoms with Gasteiger partial charge in [-0.05, 0) is 27.7 Å². The number of alkyl halides is 1. The second-order valence-electron chi connectivity index (χ2n) is 12.3. The molecule has 0 radical (unpaired) electrons. The molecule has 0 saturated carbocycles. The molecule has 2 saturated heterocycles. The third kappa shape index (κ3) is 8.21. The van der Waals surface area contributed by atoms with Crippen LogP contribution in [0.2, 0.25) is 0 Å². The van der Waals surface area contributed by atoms with E-state index in [-0.39, 0.29) is 36.4 Å². The van der Waals surface area contributed by atoms with Crippen molar-refractivity contribution in [2.45, 2.75) is 89.4 Å². The molecule has 0 bridgehead atoms.